The van der Waals surface area contributed by atoms with E-state index in [1.54, 1.807) is 18.2 Å². The summed E-state index contributed by atoms with van der Waals surface area (Å²) >= 11 is 9.33. The molecule has 0 fully saturated rings. The zero-order valence-electron chi connectivity index (χ0n) is 10.6. The topological polar surface area (TPSA) is 49.3 Å². The zero-order chi connectivity index (χ0) is 14.5. The molecule has 1 amide bonds. The summed E-state index contributed by atoms with van der Waals surface area (Å²) in [6.45, 7) is 0.429. The van der Waals surface area contributed by atoms with Crippen molar-refractivity contribution in [2.45, 2.75) is 13.2 Å². The lowest BCUT2D eigenvalue weighted by atomic mass is 10.1. The van der Waals surface area contributed by atoms with Crippen molar-refractivity contribution in [2.24, 2.45) is 0 Å². The Morgan fingerprint density at radius 2 is 1.80 bits per heavy atom. The van der Waals surface area contributed by atoms with E-state index >= 15 is 0 Å². The third-order valence-electron chi connectivity index (χ3n) is 2.83. The molecule has 0 saturated heterocycles. The summed E-state index contributed by atoms with van der Waals surface area (Å²) in [6, 6.07) is 12.5. The molecule has 3 nitrogen and oxygen atoms in total. The van der Waals surface area contributed by atoms with Gasteiger partial charge >= 0.3 is 0 Å². The van der Waals surface area contributed by atoms with Crippen LogP contribution in [0.5, 0.6) is 0 Å². The fourth-order valence-electron chi connectivity index (χ4n) is 1.71. The van der Waals surface area contributed by atoms with Crippen LogP contribution in [-0.2, 0) is 13.2 Å². The molecular weight excluding hydrogens is 342 g/mol. The highest BCUT2D eigenvalue weighted by molar-refractivity contribution is 9.10. The largest absolute Gasteiger partial charge is 0.392 e. The zero-order valence-corrected chi connectivity index (χ0v) is 12.9. The summed E-state index contributed by atoms with van der Waals surface area (Å²) in [7, 11) is 0. The molecule has 0 spiro atoms. The number of benzene rings is 2. The van der Waals surface area contributed by atoms with E-state index in [2.05, 4.69) is 21.2 Å². The molecule has 2 aromatic rings. The van der Waals surface area contributed by atoms with E-state index in [0.717, 1.165) is 15.6 Å². The van der Waals surface area contributed by atoms with E-state index in [1.165, 1.54) is 0 Å². The summed E-state index contributed by atoms with van der Waals surface area (Å²) in [4.78, 5) is 12.0. The van der Waals surface area contributed by atoms with Crippen molar-refractivity contribution < 1.29 is 9.90 Å². The molecular formula is C15H13BrClNO2. The lowest BCUT2D eigenvalue weighted by Gasteiger charge is -2.07. The van der Waals surface area contributed by atoms with Gasteiger partial charge in [-0.3, -0.25) is 4.79 Å². The standard InChI is InChI=1S/C15H13BrClNO2/c16-12-5-6-13(14(17)7-12)15(20)18-8-10-1-3-11(9-19)4-2-10/h1-7,19H,8-9H2,(H,18,20). The van der Waals surface area contributed by atoms with Crippen LogP contribution in [0.25, 0.3) is 0 Å². The summed E-state index contributed by atoms with van der Waals surface area (Å²) in [5.41, 5.74) is 2.25. The third kappa shape index (κ3) is 3.82. The average molecular weight is 355 g/mol. The fraction of sp³-hybridized carbons (Fsp3) is 0.133. The first-order chi connectivity index (χ1) is 9.60. The molecule has 0 aliphatic rings. The first-order valence-corrected chi connectivity index (χ1v) is 7.19. The van der Waals surface area contributed by atoms with Crippen LogP contribution >= 0.6 is 27.5 Å². The van der Waals surface area contributed by atoms with Crippen molar-refractivity contribution in [2.75, 3.05) is 0 Å². The fourth-order valence-corrected chi connectivity index (χ4v) is 2.47. The molecule has 0 aliphatic heterocycles. The molecule has 5 heteroatoms. The van der Waals surface area contributed by atoms with Gasteiger partial charge in [-0.25, -0.2) is 0 Å². The lowest BCUT2D eigenvalue weighted by Crippen LogP contribution is -2.23. The minimum Gasteiger partial charge on any atom is -0.392 e. The quantitative estimate of drug-likeness (QED) is 0.882. The van der Waals surface area contributed by atoms with Gasteiger partial charge in [0, 0.05) is 11.0 Å². The Morgan fingerprint density at radius 3 is 2.40 bits per heavy atom. The second-order valence-electron chi connectivity index (χ2n) is 4.28. The first-order valence-electron chi connectivity index (χ1n) is 6.02. The highest BCUT2D eigenvalue weighted by Gasteiger charge is 2.10. The normalized spacial score (nSPS) is 10.3. The molecule has 104 valence electrons. The van der Waals surface area contributed by atoms with E-state index in [9.17, 15) is 4.79 Å². The van der Waals surface area contributed by atoms with Crippen LogP contribution < -0.4 is 5.32 Å². The number of hydrogen-bond acceptors (Lipinski definition) is 2. The van der Waals surface area contributed by atoms with Gasteiger partial charge < -0.3 is 10.4 Å². The Morgan fingerprint density at radius 1 is 1.15 bits per heavy atom. The van der Waals surface area contributed by atoms with Gasteiger partial charge in [0.1, 0.15) is 0 Å². The second-order valence-corrected chi connectivity index (χ2v) is 5.60. The Bertz CT molecular complexity index is 614. The van der Waals surface area contributed by atoms with E-state index in [4.69, 9.17) is 16.7 Å². The van der Waals surface area contributed by atoms with Crippen LogP contribution in [0.15, 0.2) is 46.9 Å². The maximum absolute atomic E-state index is 12.0. The molecule has 0 bridgehead atoms. The van der Waals surface area contributed by atoms with Gasteiger partial charge in [-0.15, -0.1) is 0 Å². The van der Waals surface area contributed by atoms with Crippen molar-refractivity contribution in [1.29, 1.82) is 0 Å². The number of amides is 1. The molecule has 0 atom stereocenters. The highest BCUT2D eigenvalue weighted by Crippen LogP contribution is 2.21. The number of nitrogens with one attached hydrogen (secondary N) is 1. The molecule has 0 radical (unpaired) electrons. The van der Waals surface area contributed by atoms with Crippen molar-refractivity contribution in [3.8, 4) is 0 Å². The van der Waals surface area contributed by atoms with Crippen molar-refractivity contribution in [1.82, 2.24) is 5.32 Å². The van der Waals surface area contributed by atoms with Gasteiger partial charge in [-0.1, -0.05) is 51.8 Å². The predicted octanol–water partition coefficient (Wildman–Crippen LogP) is 3.52. The number of aliphatic hydroxyl groups excluding tert-OH is 1. The molecule has 0 heterocycles. The maximum Gasteiger partial charge on any atom is 0.253 e. The molecule has 0 aromatic heterocycles. The van der Waals surface area contributed by atoms with E-state index in [1.807, 2.05) is 24.3 Å². The SMILES string of the molecule is O=C(NCc1ccc(CO)cc1)c1ccc(Br)cc1Cl. The minimum absolute atomic E-state index is 0.0150. The molecule has 0 saturated carbocycles. The second kappa shape index (κ2) is 6.88. The highest BCUT2D eigenvalue weighted by atomic mass is 79.9. The van der Waals surface area contributed by atoms with Crippen LogP contribution in [0.3, 0.4) is 0 Å². The van der Waals surface area contributed by atoms with Crippen LogP contribution in [0, 0.1) is 0 Å². The number of rotatable bonds is 4. The number of halogens is 2. The first kappa shape index (κ1) is 15.0. The van der Waals surface area contributed by atoms with Crippen LogP contribution in [0.4, 0.5) is 0 Å². The van der Waals surface area contributed by atoms with Gasteiger partial charge in [-0.05, 0) is 29.3 Å². The Balaban J connectivity index is 2.00. The van der Waals surface area contributed by atoms with Crippen LogP contribution in [-0.4, -0.2) is 11.0 Å². The van der Waals surface area contributed by atoms with Crippen molar-refractivity contribution in [3.63, 3.8) is 0 Å². The number of hydrogen-bond donors (Lipinski definition) is 2. The van der Waals surface area contributed by atoms with Crippen molar-refractivity contribution >= 4 is 33.4 Å². The summed E-state index contributed by atoms with van der Waals surface area (Å²) < 4.78 is 0.832. The Labute approximate surface area is 130 Å². The molecule has 0 aliphatic carbocycles. The average Bonchev–Trinajstić information content (AvgIpc) is 2.45. The molecule has 20 heavy (non-hydrogen) atoms. The monoisotopic (exact) mass is 353 g/mol. The van der Waals surface area contributed by atoms with Gasteiger partial charge in [0.2, 0.25) is 0 Å². The molecule has 2 aromatic carbocycles. The molecule has 2 rings (SSSR count). The Hall–Kier alpha value is -1.36. The summed E-state index contributed by atoms with van der Waals surface area (Å²) in [5, 5.41) is 12.2. The molecule has 0 unspecified atom stereocenters. The van der Waals surface area contributed by atoms with Gasteiger partial charge in [-0.2, -0.15) is 0 Å². The minimum atomic E-state index is -0.214. The van der Waals surface area contributed by atoms with Gasteiger partial charge in [0.05, 0.1) is 17.2 Å². The number of carbonyl (C=O) groups excluding carboxylic acids is 1. The molecule has 2 N–H and O–H groups in total. The van der Waals surface area contributed by atoms with E-state index < -0.39 is 0 Å². The van der Waals surface area contributed by atoms with E-state index in [0.29, 0.717) is 17.1 Å². The lowest BCUT2D eigenvalue weighted by molar-refractivity contribution is 0.0951. The predicted molar refractivity (Wildman–Crippen MR) is 82.7 cm³/mol. The summed E-state index contributed by atoms with van der Waals surface area (Å²) in [5.74, 6) is -0.214. The third-order valence-corrected chi connectivity index (χ3v) is 3.64. The maximum atomic E-state index is 12.0. The van der Waals surface area contributed by atoms with Gasteiger partial charge in [0.25, 0.3) is 5.91 Å². The van der Waals surface area contributed by atoms with Crippen LogP contribution in [0.1, 0.15) is 21.5 Å². The number of carbonyl (C=O) groups is 1. The van der Waals surface area contributed by atoms with Crippen LogP contribution in [0.2, 0.25) is 5.02 Å². The summed E-state index contributed by atoms with van der Waals surface area (Å²) in [6.07, 6.45) is 0. The van der Waals surface area contributed by atoms with Crippen molar-refractivity contribution in [3.05, 3.63) is 68.7 Å². The van der Waals surface area contributed by atoms with Gasteiger partial charge in [0.15, 0.2) is 0 Å². The Kier molecular flexibility index (Phi) is 5.17. The smallest absolute Gasteiger partial charge is 0.253 e. The van der Waals surface area contributed by atoms with E-state index in [-0.39, 0.29) is 12.5 Å². The number of aliphatic hydroxyl groups is 1.